The first kappa shape index (κ1) is 19.3. The number of aryl methyl sites for hydroxylation is 1. The van der Waals surface area contributed by atoms with Crippen molar-refractivity contribution in [1.82, 2.24) is 19.3 Å². The molecule has 4 aromatic rings. The van der Waals surface area contributed by atoms with E-state index in [1.165, 1.54) is 0 Å². The van der Waals surface area contributed by atoms with Gasteiger partial charge in [0.15, 0.2) is 0 Å². The number of para-hydroxylation sites is 1. The molecule has 3 heterocycles. The monoisotopic (exact) mass is 417 g/mol. The molecule has 2 aromatic heterocycles. The Morgan fingerprint density at radius 3 is 2.71 bits per heavy atom. The molecule has 5 rings (SSSR count). The van der Waals surface area contributed by atoms with Gasteiger partial charge in [0.25, 0.3) is 0 Å². The third-order valence-corrected chi connectivity index (χ3v) is 5.75. The van der Waals surface area contributed by atoms with E-state index in [0.29, 0.717) is 23.8 Å². The van der Waals surface area contributed by atoms with Crippen LogP contribution in [0.4, 0.5) is 5.69 Å². The Labute approximate surface area is 178 Å². The maximum atomic E-state index is 13.3. The molecule has 0 saturated carbocycles. The Morgan fingerprint density at radius 2 is 1.97 bits per heavy atom. The summed E-state index contributed by atoms with van der Waals surface area (Å²) in [4.78, 5) is 32.6. The van der Waals surface area contributed by atoms with Gasteiger partial charge in [0.05, 0.1) is 11.0 Å². The van der Waals surface area contributed by atoms with E-state index in [2.05, 4.69) is 10.1 Å². The van der Waals surface area contributed by atoms with Gasteiger partial charge in [-0.15, -0.1) is 0 Å². The van der Waals surface area contributed by atoms with Gasteiger partial charge in [0.2, 0.25) is 17.6 Å². The van der Waals surface area contributed by atoms with Gasteiger partial charge in [0.1, 0.15) is 6.54 Å². The highest BCUT2D eigenvalue weighted by molar-refractivity contribution is 5.96. The lowest BCUT2D eigenvalue weighted by molar-refractivity contribution is -0.119. The molecule has 0 saturated heterocycles. The largest absolute Gasteiger partial charge is 0.339 e. The lowest BCUT2D eigenvalue weighted by Gasteiger charge is -2.17. The smallest absolute Gasteiger partial charge is 0.329 e. The summed E-state index contributed by atoms with van der Waals surface area (Å²) in [5.74, 6) is 0.821. The van der Waals surface area contributed by atoms with Crippen LogP contribution in [0.5, 0.6) is 0 Å². The summed E-state index contributed by atoms with van der Waals surface area (Å²) < 4.78 is 8.36. The third-order valence-electron chi connectivity index (χ3n) is 5.75. The fourth-order valence-electron chi connectivity index (χ4n) is 4.30. The number of carbonyl (C=O) groups excluding carboxylic acids is 1. The molecule has 2 aromatic carbocycles. The molecular formula is C23H23N5O3. The number of anilines is 1. The van der Waals surface area contributed by atoms with Crippen molar-refractivity contribution in [3.8, 4) is 11.4 Å². The Hall–Kier alpha value is -3.68. The Morgan fingerprint density at radius 1 is 1.16 bits per heavy atom. The lowest BCUT2D eigenvalue weighted by atomic mass is 10.2. The first-order valence-electron chi connectivity index (χ1n) is 10.4. The van der Waals surface area contributed by atoms with Gasteiger partial charge in [-0.3, -0.25) is 13.9 Å². The van der Waals surface area contributed by atoms with Crippen molar-refractivity contribution < 1.29 is 9.32 Å². The van der Waals surface area contributed by atoms with Gasteiger partial charge in [0, 0.05) is 30.8 Å². The summed E-state index contributed by atoms with van der Waals surface area (Å²) in [6, 6.07) is 13.5. The number of carbonyl (C=O) groups is 1. The van der Waals surface area contributed by atoms with E-state index >= 15 is 0 Å². The zero-order chi connectivity index (χ0) is 21.7. The minimum Gasteiger partial charge on any atom is -0.339 e. The van der Waals surface area contributed by atoms with Crippen LogP contribution in [0.1, 0.15) is 31.3 Å². The van der Waals surface area contributed by atoms with Crippen LogP contribution in [0, 0.1) is 6.92 Å². The molecular weight excluding hydrogens is 394 g/mol. The van der Waals surface area contributed by atoms with Crippen LogP contribution in [0.25, 0.3) is 22.4 Å². The van der Waals surface area contributed by atoms with Crippen LogP contribution in [0.3, 0.4) is 0 Å². The molecule has 1 aliphatic rings. The van der Waals surface area contributed by atoms with Gasteiger partial charge in [-0.1, -0.05) is 23.4 Å². The van der Waals surface area contributed by atoms with E-state index in [1.54, 1.807) is 21.0 Å². The molecule has 31 heavy (non-hydrogen) atoms. The minimum absolute atomic E-state index is 0.0297. The number of fused-ring (bicyclic) bond motifs is 2. The molecule has 8 heteroatoms. The molecule has 0 N–H and O–H groups in total. The summed E-state index contributed by atoms with van der Waals surface area (Å²) in [5.41, 5.74) is 4.07. The quantitative estimate of drug-likeness (QED) is 0.508. The van der Waals surface area contributed by atoms with E-state index < -0.39 is 0 Å². The van der Waals surface area contributed by atoms with Crippen LogP contribution in [0.15, 0.2) is 51.8 Å². The second kappa shape index (κ2) is 7.23. The summed E-state index contributed by atoms with van der Waals surface area (Å²) >= 11 is 0. The second-order valence-corrected chi connectivity index (χ2v) is 8.10. The molecule has 8 nitrogen and oxygen atoms in total. The van der Waals surface area contributed by atoms with E-state index in [1.807, 2.05) is 56.3 Å². The summed E-state index contributed by atoms with van der Waals surface area (Å²) in [6.45, 7) is 6.24. The topological polar surface area (TPSA) is 86.2 Å². The normalized spacial score (nSPS) is 13.4. The molecule has 0 atom stereocenters. The highest BCUT2D eigenvalue weighted by Crippen LogP contribution is 2.28. The van der Waals surface area contributed by atoms with Crippen molar-refractivity contribution in [2.45, 2.75) is 39.8 Å². The highest BCUT2D eigenvalue weighted by atomic mass is 16.5. The van der Waals surface area contributed by atoms with Gasteiger partial charge < -0.3 is 9.42 Å². The van der Waals surface area contributed by atoms with E-state index in [9.17, 15) is 9.59 Å². The van der Waals surface area contributed by atoms with Gasteiger partial charge in [-0.2, -0.15) is 4.98 Å². The van der Waals surface area contributed by atoms with Crippen molar-refractivity contribution in [1.29, 1.82) is 0 Å². The van der Waals surface area contributed by atoms with Crippen molar-refractivity contribution >= 4 is 22.6 Å². The number of nitrogens with zero attached hydrogens (tertiary/aromatic N) is 5. The Balaban J connectivity index is 1.59. The SMILES string of the molecule is Cc1nc(-c2ccc3c(c2)n(CC(=O)N2CCc4ccccc42)c(=O)n3C(C)C)no1. The number of aromatic nitrogens is 4. The van der Waals surface area contributed by atoms with E-state index in [-0.39, 0.29) is 24.2 Å². The van der Waals surface area contributed by atoms with E-state index in [0.717, 1.165) is 28.8 Å². The zero-order valence-electron chi connectivity index (χ0n) is 17.7. The zero-order valence-corrected chi connectivity index (χ0v) is 17.7. The molecule has 0 unspecified atom stereocenters. The Bertz CT molecular complexity index is 1360. The first-order valence-corrected chi connectivity index (χ1v) is 10.4. The summed E-state index contributed by atoms with van der Waals surface area (Å²) in [6.07, 6.45) is 0.825. The molecule has 0 bridgehead atoms. The van der Waals surface area contributed by atoms with Gasteiger partial charge >= 0.3 is 5.69 Å². The predicted molar refractivity (Wildman–Crippen MR) is 117 cm³/mol. The number of rotatable bonds is 4. The average molecular weight is 417 g/mol. The van der Waals surface area contributed by atoms with Gasteiger partial charge in [-0.25, -0.2) is 4.79 Å². The molecule has 0 spiro atoms. The van der Waals surface area contributed by atoms with Gasteiger partial charge in [-0.05, 0) is 50.1 Å². The number of imidazole rings is 1. The standard InChI is InChI=1S/C23H23N5O3/c1-14(2)28-19-9-8-17(22-24-15(3)31-25-22)12-20(19)27(23(28)30)13-21(29)26-11-10-16-6-4-5-7-18(16)26/h4-9,12,14H,10-11,13H2,1-3H3. The molecule has 0 aliphatic carbocycles. The molecule has 1 amide bonds. The number of hydrogen-bond donors (Lipinski definition) is 0. The molecule has 1 aliphatic heterocycles. The highest BCUT2D eigenvalue weighted by Gasteiger charge is 2.26. The average Bonchev–Trinajstić information content (AvgIpc) is 3.44. The Kier molecular flexibility index (Phi) is 4.50. The van der Waals surface area contributed by atoms with Crippen LogP contribution in [-0.2, 0) is 17.8 Å². The minimum atomic E-state index is -0.202. The number of benzene rings is 2. The maximum absolute atomic E-state index is 13.3. The summed E-state index contributed by atoms with van der Waals surface area (Å²) in [5, 5.41) is 3.98. The third kappa shape index (κ3) is 3.15. The second-order valence-electron chi connectivity index (χ2n) is 8.10. The maximum Gasteiger partial charge on any atom is 0.329 e. The molecule has 0 fully saturated rings. The summed E-state index contributed by atoms with van der Waals surface area (Å²) in [7, 11) is 0. The van der Waals surface area contributed by atoms with Crippen LogP contribution in [-0.4, -0.2) is 31.7 Å². The number of amides is 1. The molecule has 0 radical (unpaired) electrons. The van der Waals surface area contributed by atoms with Crippen LogP contribution in [0.2, 0.25) is 0 Å². The number of hydrogen-bond acceptors (Lipinski definition) is 5. The van der Waals surface area contributed by atoms with Crippen LogP contribution < -0.4 is 10.6 Å². The lowest BCUT2D eigenvalue weighted by Crippen LogP contribution is -2.36. The first-order chi connectivity index (χ1) is 14.9. The fraction of sp³-hybridized carbons (Fsp3) is 0.304. The van der Waals surface area contributed by atoms with E-state index in [4.69, 9.17) is 4.52 Å². The van der Waals surface area contributed by atoms with Crippen LogP contribution >= 0.6 is 0 Å². The van der Waals surface area contributed by atoms with Crippen molar-refractivity contribution in [3.05, 3.63) is 64.4 Å². The molecule has 158 valence electrons. The van der Waals surface area contributed by atoms with Crippen molar-refractivity contribution in [3.63, 3.8) is 0 Å². The van der Waals surface area contributed by atoms with Crippen molar-refractivity contribution in [2.75, 3.05) is 11.4 Å². The predicted octanol–water partition coefficient (Wildman–Crippen LogP) is 3.33. The fourth-order valence-corrected chi connectivity index (χ4v) is 4.30. The van der Waals surface area contributed by atoms with Crippen molar-refractivity contribution in [2.24, 2.45) is 0 Å².